The fourth-order valence-electron chi connectivity index (χ4n) is 1.94. The van der Waals surface area contributed by atoms with E-state index < -0.39 is 0 Å². The van der Waals surface area contributed by atoms with Gasteiger partial charge in [-0.3, -0.25) is 11.3 Å². The van der Waals surface area contributed by atoms with Crippen LogP contribution in [0.2, 0.25) is 0 Å². The lowest BCUT2D eigenvalue weighted by atomic mass is 10.1. The molecule has 21 heavy (non-hydrogen) atoms. The molecule has 0 bridgehead atoms. The Labute approximate surface area is 126 Å². The van der Waals surface area contributed by atoms with E-state index in [0.29, 0.717) is 17.1 Å². The highest BCUT2D eigenvalue weighted by atomic mass is 32.2. The Morgan fingerprint density at radius 1 is 1.19 bits per heavy atom. The summed E-state index contributed by atoms with van der Waals surface area (Å²) in [6.45, 7) is 0. The summed E-state index contributed by atoms with van der Waals surface area (Å²) in [5, 5.41) is 0. The Balaban J connectivity index is 2.15. The van der Waals surface area contributed by atoms with E-state index in [4.69, 9.17) is 10.6 Å². The summed E-state index contributed by atoms with van der Waals surface area (Å²) in [6.07, 6.45) is 0. The van der Waals surface area contributed by atoms with Crippen LogP contribution in [0.25, 0.3) is 0 Å². The van der Waals surface area contributed by atoms with Gasteiger partial charge < -0.3 is 4.74 Å². The van der Waals surface area contributed by atoms with E-state index in [1.54, 1.807) is 12.1 Å². The van der Waals surface area contributed by atoms with Gasteiger partial charge in [-0.15, -0.1) is 11.8 Å². The van der Waals surface area contributed by atoms with Gasteiger partial charge in [0, 0.05) is 16.2 Å². The third-order valence-corrected chi connectivity index (χ3v) is 4.07. The van der Waals surface area contributed by atoms with Gasteiger partial charge in [0.25, 0.3) is 0 Å². The summed E-state index contributed by atoms with van der Waals surface area (Å²) in [5.74, 6) is 5.98. The van der Waals surface area contributed by atoms with Crippen molar-refractivity contribution < 1.29 is 13.5 Å². The maximum Gasteiger partial charge on any atom is 0.124 e. The maximum absolute atomic E-state index is 13.4. The predicted octanol–water partition coefficient (Wildman–Crippen LogP) is 3.27. The van der Waals surface area contributed by atoms with Gasteiger partial charge in [-0.05, 0) is 36.4 Å². The molecule has 0 saturated heterocycles. The minimum absolute atomic E-state index is 0.291. The third-order valence-electron chi connectivity index (χ3n) is 2.98. The SMILES string of the molecule is COc1ccc(F)cc1C(CSc1cccc(F)c1)NN. The number of rotatable bonds is 6. The number of hydrogen-bond donors (Lipinski definition) is 2. The minimum Gasteiger partial charge on any atom is -0.496 e. The number of hydrogen-bond acceptors (Lipinski definition) is 4. The number of methoxy groups -OCH3 is 1. The number of nitrogens with two attached hydrogens (primary N) is 1. The van der Waals surface area contributed by atoms with E-state index in [1.807, 2.05) is 6.07 Å². The topological polar surface area (TPSA) is 47.3 Å². The van der Waals surface area contributed by atoms with Crippen LogP contribution in [0.1, 0.15) is 11.6 Å². The average molecular weight is 310 g/mol. The van der Waals surface area contributed by atoms with Crippen LogP contribution in [0, 0.1) is 11.6 Å². The molecule has 6 heteroatoms. The summed E-state index contributed by atoms with van der Waals surface area (Å²) in [5.41, 5.74) is 3.27. The van der Waals surface area contributed by atoms with Crippen molar-refractivity contribution in [3.8, 4) is 5.75 Å². The number of ether oxygens (including phenoxy) is 1. The molecule has 0 amide bonds. The molecule has 0 aliphatic rings. The fraction of sp³-hybridized carbons (Fsp3) is 0.200. The monoisotopic (exact) mass is 310 g/mol. The molecule has 0 aromatic heterocycles. The molecule has 2 rings (SSSR count). The van der Waals surface area contributed by atoms with E-state index >= 15 is 0 Å². The molecule has 112 valence electrons. The highest BCUT2D eigenvalue weighted by Crippen LogP contribution is 2.30. The van der Waals surface area contributed by atoms with Crippen molar-refractivity contribution >= 4 is 11.8 Å². The number of halogens is 2. The summed E-state index contributed by atoms with van der Waals surface area (Å²) in [7, 11) is 1.52. The molecule has 2 aromatic carbocycles. The first-order valence-corrected chi connectivity index (χ1v) is 7.30. The molecule has 0 saturated carbocycles. The highest BCUT2D eigenvalue weighted by Gasteiger charge is 2.16. The van der Waals surface area contributed by atoms with Gasteiger partial charge >= 0.3 is 0 Å². The van der Waals surface area contributed by atoms with Crippen LogP contribution in [0.5, 0.6) is 5.75 Å². The van der Waals surface area contributed by atoms with E-state index in [2.05, 4.69) is 5.43 Å². The van der Waals surface area contributed by atoms with E-state index in [0.717, 1.165) is 4.90 Å². The Morgan fingerprint density at radius 3 is 2.62 bits per heavy atom. The first-order valence-electron chi connectivity index (χ1n) is 6.32. The summed E-state index contributed by atoms with van der Waals surface area (Å²) >= 11 is 1.43. The molecule has 1 unspecified atom stereocenters. The lowest BCUT2D eigenvalue weighted by molar-refractivity contribution is 0.401. The van der Waals surface area contributed by atoms with Gasteiger partial charge in [0.15, 0.2) is 0 Å². The number of thioether (sulfide) groups is 1. The zero-order valence-electron chi connectivity index (χ0n) is 11.5. The highest BCUT2D eigenvalue weighted by molar-refractivity contribution is 7.99. The molecule has 0 spiro atoms. The van der Waals surface area contributed by atoms with Crippen molar-refractivity contribution in [2.45, 2.75) is 10.9 Å². The summed E-state index contributed by atoms with van der Waals surface area (Å²) < 4.78 is 31.8. The second kappa shape index (κ2) is 7.40. The largest absolute Gasteiger partial charge is 0.496 e. The first kappa shape index (κ1) is 15.8. The Kier molecular flexibility index (Phi) is 5.55. The van der Waals surface area contributed by atoms with Crippen LogP contribution in [0.15, 0.2) is 47.4 Å². The molecule has 0 fully saturated rings. The predicted molar refractivity (Wildman–Crippen MR) is 80.1 cm³/mol. The summed E-state index contributed by atoms with van der Waals surface area (Å²) in [4.78, 5) is 0.783. The van der Waals surface area contributed by atoms with Crippen LogP contribution in [-0.2, 0) is 0 Å². The van der Waals surface area contributed by atoms with Crippen LogP contribution in [0.3, 0.4) is 0 Å². The zero-order chi connectivity index (χ0) is 15.2. The van der Waals surface area contributed by atoms with Crippen LogP contribution in [-0.4, -0.2) is 12.9 Å². The lowest BCUT2D eigenvalue weighted by Gasteiger charge is -2.19. The lowest BCUT2D eigenvalue weighted by Crippen LogP contribution is -2.30. The fourth-order valence-corrected chi connectivity index (χ4v) is 2.95. The standard InChI is InChI=1S/C15H16F2N2OS/c1-20-15-6-5-11(17)8-13(15)14(19-18)9-21-12-4-2-3-10(16)7-12/h2-8,14,19H,9,18H2,1H3. The average Bonchev–Trinajstić information content (AvgIpc) is 2.48. The number of benzene rings is 2. The molecule has 3 N–H and O–H groups in total. The van der Waals surface area contributed by atoms with E-state index in [-0.39, 0.29) is 17.7 Å². The van der Waals surface area contributed by atoms with Gasteiger partial charge in [-0.2, -0.15) is 0 Å². The molecule has 2 aromatic rings. The van der Waals surface area contributed by atoms with Crippen LogP contribution in [0.4, 0.5) is 8.78 Å². The molecular weight excluding hydrogens is 294 g/mol. The Hall–Kier alpha value is -1.63. The Bertz CT molecular complexity index is 610. The van der Waals surface area contributed by atoms with Gasteiger partial charge in [0.05, 0.1) is 13.2 Å². The molecule has 0 aliphatic carbocycles. The van der Waals surface area contributed by atoms with Crippen molar-refractivity contribution in [3.63, 3.8) is 0 Å². The van der Waals surface area contributed by atoms with Crippen molar-refractivity contribution in [1.82, 2.24) is 5.43 Å². The van der Waals surface area contributed by atoms with Crippen molar-refractivity contribution in [2.75, 3.05) is 12.9 Å². The molecule has 0 radical (unpaired) electrons. The molecule has 0 heterocycles. The molecule has 0 aliphatic heterocycles. The summed E-state index contributed by atoms with van der Waals surface area (Å²) in [6, 6.07) is 10.2. The van der Waals surface area contributed by atoms with Gasteiger partial charge in [-0.1, -0.05) is 6.07 Å². The third kappa shape index (κ3) is 4.17. The van der Waals surface area contributed by atoms with Gasteiger partial charge in [0.2, 0.25) is 0 Å². The molecule has 1 atom stereocenters. The smallest absolute Gasteiger partial charge is 0.124 e. The second-order valence-corrected chi connectivity index (χ2v) is 5.47. The number of hydrazine groups is 1. The second-order valence-electron chi connectivity index (χ2n) is 4.37. The zero-order valence-corrected chi connectivity index (χ0v) is 12.3. The van der Waals surface area contributed by atoms with Crippen molar-refractivity contribution in [1.29, 1.82) is 0 Å². The number of nitrogens with one attached hydrogen (secondary N) is 1. The van der Waals surface area contributed by atoms with E-state index in [9.17, 15) is 8.78 Å². The van der Waals surface area contributed by atoms with Gasteiger partial charge in [0.1, 0.15) is 17.4 Å². The van der Waals surface area contributed by atoms with Crippen LogP contribution >= 0.6 is 11.8 Å². The Morgan fingerprint density at radius 2 is 1.95 bits per heavy atom. The quantitative estimate of drug-likeness (QED) is 0.488. The van der Waals surface area contributed by atoms with Crippen LogP contribution < -0.4 is 16.0 Å². The maximum atomic E-state index is 13.4. The van der Waals surface area contributed by atoms with Crippen molar-refractivity contribution in [2.24, 2.45) is 5.84 Å². The normalized spacial score (nSPS) is 12.2. The van der Waals surface area contributed by atoms with Gasteiger partial charge in [-0.25, -0.2) is 8.78 Å². The molecule has 3 nitrogen and oxygen atoms in total. The minimum atomic E-state index is -0.359. The molecular formula is C15H16F2N2OS. The van der Waals surface area contributed by atoms with E-state index in [1.165, 1.54) is 43.1 Å². The van der Waals surface area contributed by atoms with Crippen molar-refractivity contribution in [3.05, 3.63) is 59.7 Å². The first-order chi connectivity index (χ1) is 10.1.